The van der Waals surface area contributed by atoms with Crippen LogP contribution in [0.25, 0.3) is 0 Å². The third-order valence-electron chi connectivity index (χ3n) is 8.54. The van der Waals surface area contributed by atoms with Crippen LogP contribution in [0.2, 0.25) is 0 Å². The maximum absolute atomic E-state index is 13.7. The fourth-order valence-corrected chi connectivity index (χ4v) is 7.46. The lowest BCUT2D eigenvalue weighted by Crippen LogP contribution is -2.43. The number of nitrogens with zero attached hydrogens (tertiary/aromatic N) is 2. The number of para-hydroxylation sites is 1. The van der Waals surface area contributed by atoms with Gasteiger partial charge >= 0.3 is 6.09 Å². The summed E-state index contributed by atoms with van der Waals surface area (Å²) in [4.78, 5) is 42.5. The lowest BCUT2D eigenvalue weighted by Gasteiger charge is -2.20. The van der Waals surface area contributed by atoms with Gasteiger partial charge in [-0.15, -0.1) is 0 Å². The Morgan fingerprint density at radius 1 is 0.896 bits per heavy atom. The molecule has 1 saturated heterocycles. The molecule has 0 aliphatic carbocycles. The number of fused-ring (bicyclic) bond motifs is 1. The van der Waals surface area contributed by atoms with Gasteiger partial charge in [0.05, 0.1) is 17.2 Å². The molecule has 3 aromatic rings. The molecule has 0 aromatic heterocycles. The second-order valence-electron chi connectivity index (χ2n) is 12.1. The molecule has 1 fully saturated rings. The zero-order valence-electron chi connectivity index (χ0n) is 27.2. The number of imide groups is 1. The van der Waals surface area contributed by atoms with Crippen LogP contribution in [0.1, 0.15) is 76.7 Å². The molecule has 12 heteroatoms. The second-order valence-corrected chi connectivity index (χ2v) is 14.7. The Hall–Kier alpha value is -3.90. The van der Waals surface area contributed by atoms with Gasteiger partial charge in [0.1, 0.15) is 5.75 Å². The molecule has 48 heavy (non-hydrogen) atoms. The van der Waals surface area contributed by atoms with Gasteiger partial charge in [-0.05, 0) is 66.9 Å². The molecule has 2 aliphatic heterocycles. The third kappa shape index (κ3) is 8.57. The molecule has 10 nitrogen and oxygen atoms in total. The van der Waals surface area contributed by atoms with E-state index in [2.05, 4.69) is 27.6 Å². The zero-order valence-corrected chi connectivity index (χ0v) is 29.6. The van der Waals surface area contributed by atoms with Gasteiger partial charge in [0.15, 0.2) is 0 Å². The van der Waals surface area contributed by atoms with Crippen molar-refractivity contribution in [2.75, 3.05) is 27.7 Å². The Morgan fingerprint density at radius 2 is 1.58 bits per heavy atom. The minimum absolute atomic E-state index is 0.103. The van der Waals surface area contributed by atoms with Crippen molar-refractivity contribution in [3.8, 4) is 5.75 Å². The van der Waals surface area contributed by atoms with E-state index >= 15 is 0 Å². The van der Waals surface area contributed by atoms with Crippen LogP contribution >= 0.6 is 15.9 Å². The van der Waals surface area contributed by atoms with E-state index in [0.717, 1.165) is 35.7 Å². The Labute approximate surface area is 291 Å². The van der Waals surface area contributed by atoms with Crippen molar-refractivity contribution < 1.29 is 32.3 Å². The molecule has 0 spiro atoms. The van der Waals surface area contributed by atoms with Gasteiger partial charge in [0, 0.05) is 22.4 Å². The monoisotopic (exact) mass is 739 g/mol. The number of ether oxygens (including phenoxy) is 2. The number of benzene rings is 3. The van der Waals surface area contributed by atoms with E-state index in [-0.39, 0.29) is 16.3 Å². The van der Waals surface area contributed by atoms with Gasteiger partial charge in [0.2, 0.25) is 0 Å². The molecule has 0 saturated carbocycles. The van der Waals surface area contributed by atoms with Crippen LogP contribution < -0.4 is 19.3 Å². The van der Waals surface area contributed by atoms with Crippen LogP contribution in [0.3, 0.4) is 0 Å². The number of sulfonamides is 1. The minimum atomic E-state index is -4.12. The average Bonchev–Trinajstić information content (AvgIpc) is 3.62. The van der Waals surface area contributed by atoms with Crippen molar-refractivity contribution in [3.05, 3.63) is 76.8 Å². The summed E-state index contributed by atoms with van der Waals surface area (Å²) in [5.41, 5.74) is 1.82. The van der Waals surface area contributed by atoms with Gasteiger partial charge in [-0.25, -0.2) is 18.1 Å². The number of anilines is 3. The van der Waals surface area contributed by atoms with E-state index < -0.39 is 34.0 Å². The fraction of sp³-hybridized carbons (Fsp3) is 0.417. The number of halogens is 1. The van der Waals surface area contributed by atoms with Gasteiger partial charge in [0.25, 0.3) is 27.9 Å². The first-order valence-corrected chi connectivity index (χ1v) is 19.0. The summed E-state index contributed by atoms with van der Waals surface area (Å²) in [5, 5.41) is 0. The maximum atomic E-state index is 13.7. The van der Waals surface area contributed by atoms with Crippen LogP contribution in [0.15, 0.2) is 76.1 Å². The number of carbonyl (C=O) groups excluding carboxylic acids is 3. The summed E-state index contributed by atoms with van der Waals surface area (Å²) in [6.45, 7) is 2.85. The van der Waals surface area contributed by atoms with E-state index in [0.29, 0.717) is 35.8 Å². The van der Waals surface area contributed by atoms with Crippen molar-refractivity contribution in [1.29, 1.82) is 0 Å². The molecule has 1 N–H and O–H groups in total. The molecule has 2 aliphatic rings. The molecule has 0 radical (unpaired) electrons. The van der Waals surface area contributed by atoms with Crippen molar-refractivity contribution in [2.24, 2.45) is 0 Å². The molecular formula is C36H42BrN3O7S. The fourth-order valence-electron chi connectivity index (χ4n) is 5.98. The predicted molar refractivity (Wildman–Crippen MR) is 189 cm³/mol. The summed E-state index contributed by atoms with van der Waals surface area (Å²) < 4.78 is 41.5. The normalized spacial score (nSPS) is 15.8. The Balaban J connectivity index is 1.31. The SMILES string of the molecule is CCCCCCCCCCCCOc1ccc(S(=O)(=O)Nc2ccccc2)cc1N1C(=O)OC(C(=O)N2CCc3cc(Br)ccc32)C1=O. The largest absolute Gasteiger partial charge is 0.491 e. The number of amides is 3. The first kappa shape index (κ1) is 35.4. The summed E-state index contributed by atoms with van der Waals surface area (Å²) in [7, 11) is -4.12. The van der Waals surface area contributed by atoms with Crippen molar-refractivity contribution >= 4 is 60.9 Å². The van der Waals surface area contributed by atoms with Crippen LogP contribution in [-0.4, -0.2) is 45.6 Å². The molecular weight excluding hydrogens is 698 g/mol. The highest BCUT2D eigenvalue weighted by Crippen LogP contribution is 2.37. The number of hydrogen-bond acceptors (Lipinski definition) is 7. The summed E-state index contributed by atoms with van der Waals surface area (Å²) >= 11 is 3.44. The average molecular weight is 741 g/mol. The van der Waals surface area contributed by atoms with E-state index in [1.54, 1.807) is 42.5 Å². The van der Waals surface area contributed by atoms with Crippen LogP contribution in [0, 0.1) is 0 Å². The van der Waals surface area contributed by atoms with E-state index in [9.17, 15) is 22.8 Å². The standard InChI is InChI=1S/C36H42BrN3O7S/c1-2-3-4-5-6-7-8-9-10-14-23-46-32-20-18-29(48(44,45)38-28-15-12-11-13-16-28)25-31(32)40-35(42)33(47-36(40)43)34(41)39-22-21-26-24-27(37)17-19-30(26)39/h11-13,15-20,24-25,33,38H,2-10,14,21-23H2,1H3. The first-order chi connectivity index (χ1) is 23.2. The topological polar surface area (TPSA) is 122 Å². The molecule has 1 atom stereocenters. The minimum Gasteiger partial charge on any atom is -0.491 e. The number of rotatable bonds is 17. The molecule has 256 valence electrons. The highest BCUT2D eigenvalue weighted by molar-refractivity contribution is 9.10. The second kappa shape index (κ2) is 16.5. The lowest BCUT2D eigenvalue weighted by atomic mass is 10.1. The number of nitrogens with one attached hydrogen (secondary N) is 1. The predicted octanol–water partition coefficient (Wildman–Crippen LogP) is 7.99. The highest BCUT2D eigenvalue weighted by atomic mass is 79.9. The maximum Gasteiger partial charge on any atom is 0.422 e. The number of carbonyl (C=O) groups is 3. The van der Waals surface area contributed by atoms with Gasteiger partial charge in [-0.3, -0.25) is 14.3 Å². The number of hydrogen-bond donors (Lipinski definition) is 1. The van der Waals surface area contributed by atoms with Gasteiger partial charge < -0.3 is 14.4 Å². The first-order valence-electron chi connectivity index (χ1n) is 16.7. The van der Waals surface area contributed by atoms with Crippen LogP contribution in [-0.2, 0) is 30.8 Å². The van der Waals surface area contributed by atoms with E-state index in [4.69, 9.17) is 9.47 Å². The quantitative estimate of drug-likeness (QED) is 0.110. The summed E-state index contributed by atoms with van der Waals surface area (Å²) in [5.74, 6) is -1.44. The Kier molecular flexibility index (Phi) is 12.2. The zero-order chi connectivity index (χ0) is 34.1. The van der Waals surface area contributed by atoms with Crippen LogP contribution in [0.4, 0.5) is 21.9 Å². The Bertz CT molecular complexity index is 1720. The van der Waals surface area contributed by atoms with Crippen molar-refractivity contribution in [1.82, 2.24) is 0 Å². The summed E-state index contributed by atoms with van der Waals surface area (Å²) in [6, 6.07) is 17.8. The molecule has 5 rings (SSSR count). The Morgan fingerprint density at radius 3 is 2.29 bits per heavy atom. The summed E-state index contributed by atoms with van der Waals surface area (Å²) in [6.07, 6.45) is 9.27. The molecule has 1 unspecified atom stereocenters. The smallest absolute Gasteiger partial charge is 0.422 e. The molecule has 3 amide bonds. The molecule has 0 bridgehead atoms. The third-order valence-corrected chi connectivity index (χ3v) is 10.4. The highest BCUT2D eigenvalue weighted by Gasteiger charge is 2.49. The number of cyclic esters (lactones) is 1. The van der Waals surface area contributed by atoms with Crippen LogP contribution in [0.5, 0.6) is 5.75 Å². The number of unbranched alkanes of at least 4 members (excludes halogenated alkanes) is 9. The molecule has 2 heterocycles. The van der Waals surface area contributed by atoms with Crippen molar-refractivity contribution in [3.63, 3.8) is 0 Å². The van der Waals surface area contributed by atoms with Crippen molar-refractivity contribution in [2.45, 2.75) is 88.6 Å². The van der Waals surface area contributed by atoms with E-state index in [1.807, 2.05) is 6.07 Å². The lowest BCUT2D eigenvalue weighted by molar-refractivity contribution is -0.134. The van der Waals surface area contributed by atoms with Gasteiger partial charge in [-0.2, -0.15) is 0 Å². The van der Waals surface area contributed by atoms with Gasteiger partial charge in [-0.1, -0.05) is 98.8 Å². The van der Waals surface area contributed by atoms with E-state index in [1.165, 1.54) is 61.6 Å². The molecule has 3 aromatic carbocycles.